The van der Waals surface area contributed by atoms with Gasteiger partial charge in [-0.1, -0.05) is 11.6 Å². The van der Waals surface area contributed by atoms with Crippen LogP contribution in [-0.2, 0) is 20.1 Å². The Bertz CT molecular complexity index is 1030. The van der Waals surface area contributed by atoms with Crippen LogP contribution < -0.4 is 10.6 Å². The molecule has 3 heterocycles. The van der Waals surface area contributed by atoms with Gasteiger partial charge < -0.3 is 10.6 Å². The van der Waals surface area contributed by atoms with Crippen LogP contribution in [0.3, 0.4) is 0 Å². The summed E-state index contributed by atoms with van der Waals surface area (Å²) >= 11 is 6.09. The number of nitrogens with one attached hydrogen (secondary N) is 2. The number of halogens is 1. The zero-order valence-corrected chi connectivity index (χ0v) is 16.8. The Morgan fingerprint density at radius 1 is 0.929 bits per heavy atom. The van der Waals surface area contributed by atoms with Crippen molar-refractivity contribution in [1.82, 2.24) is 29.3 Å². The van der Waals surface area contributed by atoms with Crippen molar-refractivity contribution in [2.75, 3.05) is 10.6 Å². The molecule has 0 atom stereocenters. The molecule has 0 radical (unpaired) electrons. The average Bonchev–Trinajstić information content (AvgIpc) is 3.34. The van der Waals surface area contributed by atoms with E-state index in [1.54, 1.807) is 17.9 Å². The second-order valence-electron chi connectivity index (χ2n) is 6.06. The molecule has 0 aliphatic heterocycles. The van der Waals surface area contributed by atoms with Crippen molar-refractivity contribution in [2.24, 2.45) is 7.05 Å². The summed E-state index contributed by atoms with van der Waals surface area (Å²) in [6, 6.07) is 0. The molecule has 3 aromatic rings. The molecule has 0 aliphatic carbocycles. The van der Waals surface area contributed by atoms with Crippen molar-refractivity contribution >= 4 is 34.8 Å². The van der Waals surface area contributed by atoms with Gasteiger partial charge in [-0.25, -0.2) is 0 Å². The van der Waals surface area contributed by atoms with E-state index in [2.05, 4.69) is 25.9 Å². The Kier molecular flexibility index (Phi) is 5.50. The molecular weight excluding hydrogens is 384 g/mol. The van der Waals surface area contributed by atoms with Crippen LogP contribution in [0, 0.1) is 6.92 Å². The molecule has 0 aromatic carbocycles. The Labute approximate surface area is 166 Å². The van der Waals surface area contributed by atoms with E-state index < -0.39 is 11.8 Å². The highest BCUT2D eigenvalue weighted by Crippen LogP contribution is 2.22. The number of anilines is 2. The Balaban J connectivity index is 1.90. The normalized spacial score (nSPS) is 10.9. The summed E-state index contributed by atoms with van der Waals surface area (Å²) in [7, 11) is 1.79. The van der Waals surface area contributed by atoms with E-state index in [4.69, 9.17) is 11.6 Å². The molecule has 0 fully saturated rings. The first kappa shape index (κ1) is 19.6. The number of hydrogen-bond donors (Lipinski definition) is 2. The predicted octanol–water partition coefficient (Wildman–Crippen LogP) is 2.32. The summed E-state index contributed by atoms with van der Waals surface area (Å²) in [5.41, 5.74) is 2.13. The highest BCUT2D eigenvalue weighted by atomic mass is 35.5. The number of nitrogens with zero attached hydrogens (tertiary/aromatic N) is 6. The van der Waals surface area contributed by atoms with Crippen LogP contribution >= 0.6 is 11.6 Å². The van der Waals surface area contributed by atoms with Crippen LogP contribution in [0.5, 0.6) is 0 Å². The minimum atomic E-state index is -0.466. The largest absolute Gasteiger partial charge is 0.318 e. The molecule has 0 saturated carbocycles. The third-order valence-corrected chi connectivity index (χ3v) is 4.67. The van der Waals surface area contributed by atoms with Crippen molar-refractivity contribution in [3.05, 3.63) is 40.7 Å². The second kappa shape index (κ2) is 7.85. The molecule has 0 spiro atoms. The SMILES string of the molecule is CCn1ncc(Cl)c1C(=O)Nc1cnn(CC)c1C(=O)Nc1cnn(C)c1C. The fourth-order valence-corrected chi connectivity index (χ4v) is 3.00. The zero-order valence-electron chi connectivity index (χ0n) is 16.0. The fourth-order valence-electron chi connectivity index (χ4n) is 2.77. The van der Waals surface area contributed by atoms with Crippen LogP contribution in [0.1, 0.15) is 40.5 Å². The maximum absolute atomic E-state index is 12.9. The second-order valence-corrected chi connectivity index (χ2v) is 6.46. The van der Waals surface area contributed by atoms with Crippen molar-refractivity contribution < 1.29 is 9.59 Å². The summed E-state index contributed by atoms with van der Waals surface area (Å²) in [6.45, 7) is 6.49. The maximum Gasteiger partial charge on any atom is 0.276 e. The van der Waals surface area contributed by atoms with Crippen LogP contribution in [0.25, 0.3) is 0 Å². The van der Waals surface area contributed by atoms with Gasteiger partial charge >= 0.3 is 0 Å². The summed E-state index contributed by atoms with van der Waals surface area (Å²) < 4.78 is 4.65. The van der Waals surface area contributed by atoms with Gasteiger partial charge in [-0.15, -0.1) is 0 Å². The number of rotatable bonds is 6. The Morgan fingerprint density at radius 3 is 2.07 bits per heavy atom. The first-order valence-corrected chi connectivity index (χ1v) is 9.13. The molecule has 28 heavy (non-hydrogen) atoms. The van der Waals surface area contributed by atoms with Crippen LogP contribution in [0.4, 0.5) is 11.4 Å². The van der Waals surface area contributed by atoms with Crippen LogP contribution in [-0.4, -0.2) is 41.2 Å². The molecular formula is C17H21ClN8O2. The van der Waals surface area contributed by atoms with E-state index in [9.17, 15) is 9.59 Å². The van der Waals surface area contributed by atoms with E-state index in [0.29, 0.717) is 18.8 Å². The number of carbonyl (C=O) groups excluding carboxylic acids is 2. The molecule has 3 aromatic heterocycles. The minimum absolute atomic E-state index is 0.225. The number of carbonyl (C=O) groups is 2. The summed E-state index contributed by atoms with van der Waals surface area (Å²) in [5.74, 6) is -0.868. The average molecular weight is 405 g/mol. The maximum atomic E-state index is 12.9. The lowest BCUT2D eigenvalue weighted by Crippen LogP contribution is -2.22. The predicted molar refractivity (Wildman–Crippen MR) is 105 cm³/mol. The first-order valence-electron chi connectivity index (χ1n) is 8.75. The van der Waals surface area contributed by atoms with Gasteiger partial charge in [-0.2, -0.15) is 15.3 Å². The molecule has 2 amide bonds. The lowest BCUT2D eigenvalue weighted by molar-refractivity contribution is 0.101. The monoisotopic (exact) mass is 404 g/mol. The highest BCUT2D eigenvalue weighted by Gasteiger charge is 2.24. The Morgan fingerprint density at radius 2 is 1.46 bits per heavy atom. The van der Waals surface area contributed by atoms with Gasteiger partial charge in [0.05, 0.1) is 40.7 Å². The molecule has 3 rings (SSSR count). The molecule has 10 nitrogen and oxygen atoms in total. The number of aromatic nitrogens is 6. The number of aryl methyl sites for hydroxylation is 3. The van der Waals surface area contributed by atoms with Gasteiger partial charge in [0, 0.05) is 20.1 Å². The summed E-state index contributed by atoms with van der Waals surface area (Å²) in [5, 5.41) is 18.1. The summed E-state index contributed by atoms with van der Waals surface area (Å²) in [6.07, 6.45) is 4.42. The first-order chi connectivity index (χ1) is 13.4. The fraction of sp³-hybridized carbons (Fsp3) is 0.353. The molecule has 0 saturated heterocycles. The van der Waals surface area contributed by atoms with E-state index >= 15 is 0 Å². The van der Waals surface area contributed by atoms with E-state index in [0.717, 1.165) is 5.69 Å². The smallest absolute Gasteiger partial charge is 0.276 e. The van der Waals surface area contributed by atoms with Gasteiger partial charge in [0.1, 0.15) is 11.4 Å². The number of amides is 2. The third-order valence-electron chi connectivity index (χ3n) is 4.40. The van der Waals surface area contributed by atoms with Crippen molar-refractivity contribution in [2.45, 2.75) is 33.9 Å². The molecule has 0 unspecified atom stereocenters. The van der Waals surface area contributed by atoms with Crippen molar-refractivity contribution in [1.29, 1.82) is 0 Å². The minimum Gasteiger partial charge on any atom is -0.318 e. The van der Waals surface area contributed by atoms with E-state index in [1.807, 2.05) is 20.8 Å². The Hall–Kier alpha value is -3.14. The standard InChI is InChI=1S/C17H21ClN8O2/c1-5-25-14(11(18)7-20-25)16(27)23-13-9-21-26(6-2)15(13)17(28)22-12-8-19-24(4)10(12)3/h7-9H,5-6H2,1-4H3,(H,22,28)(H,23,27). The van der Waals surface area contributed by atoms with Gasteiger partial charge in [0.25, 0.3) is 11.8 Å². The van der Waals surface area contributed by atoms with E-state index in [-0.39, 0.29) is 22.1 Å². The lowest BCUT2D eigenvalue weighted by Gasteiger charge is -2.10. The molecule has 11 heteroatoms. The van der Waals surface area contributed by atoms with Crippen LogP contribution in [0.15, 0.2) is 18.6 Å². The molecule has 0 aliphatic rings. The third kappa shape index (κ3) is 3.50. The molecule has 0 bridgehead atoms. The van der Waals surface area contributed by atoms with Gasteiger partial charge in [-0.3, -0.25) is 23.6 Å². The van der Waals surface area contributed by atoms with Crippen molar-refractivity contribution in [3.63, 3.8) is 0 Å². The number of hydrogen-bond acceptors (Lipinski definition) is 5. The van der Waals surface area contributed by atoms with Gasteiger partial charge in [0.15, 0.2) is 0 Å². The van der Waals surface area contributed by atoms with E-state index in [1.165, 1.54) is 21.8 Å². The zero-order chi connectivity index (χ0) is 20.4. The quantitative estimate of drug-likeness (QED) is 0.654. The molecule has 148 valence electrons. The topological polar surface area (TPSA) is 112 Å². The highest BCUT2D eigenvalue weighted by molar-refractivity contribution is 6.34. The van der Waals surface area contributed by atoms with Crippen molar-refractivity contribution in [3.8, 4) is 0 Å². The van der Waals surface area contributed by atoms with Crippen LogP contribution in [0.2, 0.25) is 5.02 Å². The van der Waals surface area contributed by atoms with Gasteiger partial charge in [-0.05, 0) is 20.8 Å². The summed E-state index contributed by atoms with van der Waals surface area (Å²) in [4.78, 5) is 25.6. The van der Waals surface area contributed by atoms with Gasteiger partial charge in [0.2, 0.25) is 0 Å². The molecule has 2 N–H and O–H groups in total. The lowest BCUT2D eigenvalue weighted by atomic mass is 10.3.